The van der Waals surface area contributed by atoms with E-state index in [9.17, 15) is 4.39 Å². The van der Waals surface area contributed by atoms with E-state index in [1.165, 1.54) is 0 Å². The number of benzene rings is 1. The zero-order chi connectivity index (χ0) is 11.5. The third-order valence-electron chi connectivity index (χ3n) is 3.03. The van der Waals surface area contributed by atoms with Gasteiger partial charge in [-0.15, -0.1) is 0 Å². The Morgan fingerprint density at radius 3 is 3.06 bits per heavy atom. The molecule has 1 aromatic carbocycles. The Morgan fingerprint density at radius 2 is 2.25 bits per heavy atom. The Balaban J connectivity index is 2.24. The van der Waals surface area contributed by atoms with E-state index < -0.39 is 0 Å². The largest absolute Gasteiger partial charge is 0.368 e. The van der Waals surface area contributed by atoms with Gasteiger partial charge in [0.1, 0.15) is 5.82 Å². The van der Waals surface area contributed by atoms with Crippen molar-refractivity contribution in [2.75, 3.05) is 24.5 Å². The Labute approximate surface area is 96.5 Å². The molecule has 0 aromatic heterocycles. The fraction of sp³-hybridized carbons (Fsp3) is 0.538. The Bertz CT molecular complexity index is 365. The standard InChI is InChI=1S/C13H19FN2/c1-10-4-5-12(14)13(8-10)16-7-3-6-15-11(2)9-16/h4-5,8,11,15H,3,6-7,9H2,1-2H3. The average Bonchev–Trinajstić information content (AvgIpc) is 2.46. The van der Waals surface area contributed by atoms with Gasteiger partial charge in [0.25, 0.3) is 0 Å². The summed E-state index contributed by atoms with van der Waals surface area (Å²) >= 11 is 0. The maximum absolute atomic E-state index is 13.8. The van der Waals surface area contributed by atoms with Crippen molar-refractivity contribution in [3.05, 3.63) is 29.6 Å². The first-order chi connectivity index (χ1) is 7.66. The lowest BCUT2D eigenvalue weighted by molar-refractivity contribution is 0.577. The molecular weight excluding hydrogens is 203 g/mol. The molecule has 1 saturated heterocycles. The van der Waals surface area contributed by atoms with Crippen molar-refractivity contribution >= 4 is 5.69 Å². The predicted octanol–water partition coefficient (Wildman–Crippen LogP) is 2.32. The van der Waals surface area contributed by atoms with Crippen LogP contribution in [0.1, 0.15) is 18.9 Å². The fourth-order valence-corrected chi connectivity index (χ4v) is 2.19. The van der Waals surface area contributed by atoms with Gasteiger partial charge >= 0.3 is 0 Å². The molecule has 1 heterocycles. The van der Waals surface area contributed by atoms with Gasteiger partial charge in [0.15, 0.2) is 0 Å². The molecule has 1 aliphatic heterocycles. The lowest BCUT2D eigenvalue weighted by atomic mass is 10.2. The monoisotopic (exact) mass is 222 g/mol. The van der Waals surface area contributed by atoms with E-state index in [0.29, 0.717) is 6.04 Å². The second-order valence-electron chi connectivity index (χ2n) is 4.61. The van der Waals surface area contributed by atoms with Gasteiger partial charge in [-0.3, -0.25) is 0 Å². The van der Waals surface area contributed by atoms with E-state index in [1.807, 2.05) is 19.1 Å². The van der Waals surface area contributed by atoms with E-state index in [0.717, 1.165) is 37.3 Å². The molecule has 0 saturated carbocycles. The fourth-order valence-electron chi connectivity index (χ4n) is 2.19. The molecule has 0 aliphatic carbocycles. The van der Waals surface area contributed by atoms with Crippen molar-refractivity contribution in [3.63, 3.8) is 0 Å². The SMILES string of the molecule is Cc1ccc(F)c(N2CCCNC(C)C2)c1. The van der Waals surface area contributed by atoms with Gasteiger partial charge in [-0.1, -0.05) is 6.07 Å². The van der Waals surface area contributed by atoms with Crippen LogP contribution in [0, 0.1) is 12.7 Å². The molecule has 0 spiro atoms. The second-order valence-corrected chi connectivity index (χ2v) is 4.61. The molecule has 2 nitrogen and oxygen atoms in total. The maximum Gasteiger partial charge on any atom is 0.146 e. The van der Waals surface area contributed by atoms with Gasteiger partial charge in [0, 0.05) is 19.1 Å². The van der Waals surface area contributed by atoms with Gasteiger partial charge in [-0.2, -0.15) is 0 Å². The van der Waals surface area contributed by atoms with E-state index in [4.69, 9.17) is 0 Å². The number of anilines is 1. The minimum absolute atomic E-state index is 0.111. The predicted molar refractivity (Wildman–Crippen MR) is 65.4 cm³/mol. The van der Waals surface area contributed by atoms with Crippen LogP contribution in [-0.2, 0) is 0 Å². The zero-order valence-corrected chi connectivity index (χ0v) is 9.96. The number of halogens is 1. The Hall–Kier alpha value is -1.09. The highest BCUT2D eigenvalue weighted by atomic mass is 19.1. The third-order valence-corrected chi connectivity index (χ3v) is 3.03. The van der Waals surface area contributed by atoms with Crippen LogP contribution in [0.4, 0.5) is 10.1 Å². The average molecular weight is 222 g/mol. The molecule has 0 radical (unpaired) electrons. The molecule has 0 bridgehead atoms. The molecule has 1 aliphatic rings. The summed E-state index contributed by atoms with van der Waals surface area (Å²) in [7, 11) is 0. The molecule has 1 atom stereocenters. The van der Waals surface area contributed by atoms with Crippen molar-refractivity contribution < 1.29 is 4.39 Å². The number of nitrogens with zero attached hydrogens (tertiary/aromatic N) is 1. The lowest BCUT2D eigenvalue weighted by Crippen LogP contribution is -2.35. The third kappa shape index (κ3) is 2.53. The van der Waals surface area contributed by atoms with Crippen LogP contribution in [0.5, 0.6) is 0 Å². The van der Waals surface area contributed by atoms with Crippen molar-refractivity contribution in [1.29, 1.82) is 0 Å². The highest BCUT2D eigenvalue weighted by Gasteiger charge is 2.17. The Morgan fingerprint density at radius 1 is 1.44 bits per heavy atom. The van der Waals surface area contributed by atoms with Crippen molar-refractivity contribution in [3.8, 4) is 0 Å². The molecule has 1 fully saturated rings. The summed E-state index contributed by atoms with van der Waals surface area (Å²) in [6.45, 7) is 6.97. The Kier molecular flexibility index (Phi) is 3.44. The summed E-state index contributed by atoms with van der Waals surface area (Å²) in [4.78, 5) is 2.15. The minimum atomic E-state index is -0.111. The molecular formula is C13H19FN2. The van der Waals surface area contributed by atoms with Crippen molar-refractivity contribution in [2.45, 2.75) is 26.3 Å². The van der Waals surface area contributed by atoms with E-state index in [2.05, 4.69) is 17.1 Å². The number of nitrogens with one attached hydrogen (secondary N) is 1. The number of rotatable bonds is 1. The first kappa shape index (κ1) is 11.4. The van der Waals surface area contributed by atoms with Crippen LogP contribution in [0.3, 0.4) is 0 Å². The molecule has 2 rings (SSSR count). The van der Waals surface area contributed by atoms with Crippen LogP contribution in [0.25, 0.3) is 0 Å². The van der Waals surface area contributed by atoms with E-state index in [1.54, 1.807) is 6.07 Å². The summed E-state index contributed by atoms with van der Waals surface area (Å²) in [5, 5.41) is 3.41. The van der Waals surface area contributed by atoms with Crippen LogP contribution < -0.4 is 10.2 Å². The maximum atomic E-state index is 13.8. The van der Waals surface area contributed by atoms with E-state index >= 15 is 0 Å². The molecule has 3 heteroatoms. The highest BCUT2D eigenvalue weighted by Crippen LogP contribution is 2.22. The molecule has 1 unspecified atom stereocenters. The van der Waals surface area contributed by atoms with E-state index in [-0.39, 0.29) is 5.82 Å². The van der Waals surface area contributed by atoms with Crippen molar-refractivity contribution in [1.82, 2.24) is 5.32 Å². The van der Waals surface area contributed by atoms with Gasteiger partial charge in [0.05, 0.1) is 5.69 Å². The smallest absolute Gasteiger partial charge is 0.146 e. The summed E-state index contributed by atoms with van der Waals surface area (Å²) < 4.78 is 13.8. The number of aryl methyl sites for hydroxylation is 1. The topological polar surface area (TPSA) is 15.3 Å². The lowest BCUT2D eigenvalue weighted by Gasteiger charge is -2.25. The summed E-state index contributed by atoms with van der Waals surface area (Å²) in [6, 6.07) is 5.74. The molecule has 88 valence electrons. The van der Waals surface area contributed by atoms with Gasteiger partial charge in [0.2, 0.25) is 0 Å². The van der Waals surface area contributed by atoms with Crippen LogP contribution in [0.15, 0.2) is 18.2 Å². The molecule has 0 amide bonds. The highest BCUT2D eigenvalue weighted by molar-refractivity contribution is 5.50. The molecule has 16 heavy (non-hydrogen) atoms. The molecule has 1 N–H and O–H groups in total. The van der Waals surface area contributed by atoms with Gasteiger partial charge < -0.3 is 10.2 Å². The zero-order valence-electron chi connectivity index (χ0n) is 9.96. The summed E-state index contributed by atoms with van der Waals surface area (Å²) in [5.74, 6) is -0.111. The first-order valence-corrected chi connectivity index (χ1v) is 5.91. The van der Waals surface area contributed by atoms with Gasteiger partial charge in [-0.05, 0) is 44.5 Å². The summed E-state index contributed by atoms with van der Waals surface area (Å²) in [6.07, 6.45) is 1.07. The van der Waals surface area contributed by atoms with Crippen LogP contribution in [-0.4, -0.2) is 25.7 Å². The number of hydrogen-bond acceptors (Lipinski definition) is 2. The quantitative estimate of drug-likeness (QED) is 0.784. The van der Waals surface area contributed by atoms with Crippen molar-refractivity contribution in [2.24, 2.45) is 0 Å². The normalized spacial score (nSPS) is 21.9. The molecule has 1 aromatic rings. The van der Waals surface area contributed by atoms with Gasteiger partial charge in [-0.25, -0.2) is 4.39 Å². The second kappa shape index (κ2) is 4.83. The number of hydrogen-bond donors (Lipinski definition) is 1. The summed E-state index contributed by atoms with van der Waals surface area (Å²) in [5.41, 5.74) is 1.86. The van der Waals surface area contributed by atoms with Crippen LogP contribution in [0.2, 0.25) is 0 Å². The first-order valence-electron chi connectivity index (χ1n) is 5.91. The minimum Gasteiger partial charge on any atom is -0.368 e. The van der Waals surface area contributed by atoms with Crippen LogP contribution >= 0.6 is 0 Å².